The molecule has 0 aliphatic carbocycles. The summed E-state index contributed by atoms with van der Waals surface area (Å²) in [5.41, 5.74) is 7.73. The zero-order valence-corrected chi connectivity index (χ0v) is 11.9. The fraction of sp³-hybridized carbons (Fsp3) is 0.571. The van der Waals surface area contributed by atoms with Gasteiger partial charge in [-0.15, -0.1) is 0 Å². The highest BCUT2D eigenvalue weighted by Gasteiger charge is 2.04. The van der Waals surface area contributed by atoms with Crippen LogP contribution in [0.5, 0.6) is 5.75 Å². The summed E-state index contributed by atoms with van der Waals surface area (Å²) < 4.78 is 5.16. The Morgan fingerprint density at radius 3 is 2.33 bits per heavy atom. The molecule has 1 aromatic rings. The molecule has 102 valence electrons. The first-order valence-electron chi connectivity index (χ1n) is 6.34. The normalized spacial score (nSPS) is 10.7. The number of methoxy groups -OCH3 is 1. The summed E-state index contributed by atoms with van der Waals surface area (Å²) in [7, 11) is 7.94. The Kier molecular flexibility index (Phi) is 5.78. The van der Waals surface area contributed by atoms with Gasteiger partial charge in [0.25, 0.3) is 0 Å². The number of nitrogens with zero attached hydrogens (tertiary/aromatic N) is 2. The first-order chi connectivity index (χ1) is 8.54. The van der Waals surface area contributed by atoms with Crippen LogP contribution in [0.3, 0.4) is 0 Å². The molecule has 1 rings (SSSR count). The van der Waals surface area contributed by atoms with Gasteiger partial charge >= 0.3 is 0 Å². The van der Waals surface area contributed by atoms with E-state index in [0.29, 0.717) is 5.69 Å². The van der Waals surface area contributed by atoms with E-state index < -0.39 is 0 Å². The number of hydrogen-bond acceptors (Lipinski definition) is 4. The number of benzene rings is 1. The number of unbranched alkanes of at least 4 members (excludes halogenated alkanes) is 1. The van der Waals surface area contributed by atoms with Crippen molar-refractivity contribution in [2.24, 2.45) is 0 Å². The van der Waals surface area contributed by atoms with Gasteiger partial charge in [0.2, 0.25) is 0 Å². The average molecular weight is 251 g/mol. The summed E-state index contributed by atoms with van der Waals surface area (Å²) in [6, 6.07) is 5.92. The average Bonchev–Trinajstić information content (AvgIpc) is 2.34. The van der Waals surface area contributed by atoms with Gasteiger partial charge in [-0.1, -0.05) is 0 Å². The van der Waals surface area contributed by atoms with Crippen LogP contribution in [0.25, 0.3) is 0 Å². The summed E-state index contributed by atoms with van der Waals surface area (Å²) in [4.78, 5) is 4.44. The molecule has 0 saturated carbocycles. The standard InChI is InChI=1S/C14H25N3O/c1-16(2)9-5-6-10-17(3)12-7-8-14(18-4)13(15)11-12/h7-8,11H,5-6,9-10,15H2,1-4H3. The van der Waals surface area contributed by atoms with Crippen molar-refractivity contribution in [1.29, 1.82) is 0 Å². The third kappa shape index (κ3) is 4.45. The third-order valence-electron chi connectivity index (χ3n) is 3.00. The Morgan fingerprint density at radius 1 is 1.11 bits per heavy atom. The van der Waals surface area contributed by atoms with Crippen LogP contribution in [-0.4, -0.2) is 46.2 Å². The minimum Gasteiger partial charge on any atom is -0.495 e. The lowest BCUT2D eigenvalue weighted by molar-refractivity contribution is 0.395. The van der Waals surface area contributed by atoms with Crippen LogP contribution >= 0.6 is 0 Å². The number of nitrogen functional groups attached to an aromatic ring is 1. The van der Waals surface area contributed by atoms with Crippen LogP contribution in [0.2, 0.25) is 0 Å². The van der Waals surface area contributed by atoms with Gasteiger partial charge in [-0.3, -0.25) is 0 Å². The first-order valence-corrected chi connectivity index (χ1v) is 6.34. The van der Waals surface area contributed by atoms with E-state index in [1.165, 1.54) is 12.8 Å². The Morgan fingerprint density at radius 2 is 1.78 bits per heavy atom. The van der Waals surface area contributed by atoms with Gasteiger partial charge in [-0.25, -0.2) is 0 Å². The molecular weight excluding hydrogens is 226 g/mol. The van der Waals surface area contributed by atoms with Gasteiger partial charge in [0.05, 0.1) is 12.8 Å². The Bertz CT molecular complexity index is 366. The molecule has 0 fully saturated rings. The highest BCUT2D eigenvalue weighted by atomic mass is 16.5. The summed E-state index contributed by atoms with van der Waals surface area (Å²) in [6.07, 6.45) is 2.39. The molecule has 0 spiro atoms. The minimum atomic E-state index is 0.690. The lowest BCUT2D eigenvalue weighted by atomic mass is 10.2. The number of hydrogen-bond donors (Lipinski definition) is 1. The molecule has 4 nitrogen and oxygen atoms in total. The zero-order valence-electron chi connectivity index (χ0n) is 11.9. The number of rotatable bonds is 7. The summed E-state index contributed by atoms with van der Waals surface area (Å²) in [5, 5.41) is 0. The molecule has 0 aliphatic heterocycles. The largest absolute Gasteiger partial charge is 0.495 e. The summed E-state index contributed by atoms with van der Waals surface area (Å²) >= 11 is 0. The molecule has 0 radical (unpaired) electrons. The number of ether oxygens (including phenoxy) is 1. The van der Waals surface area contributed by atoms with Crippen LogP contribution in [0.4, 0.5) is 11.4 Å². The van der Waals surface area contributed by atoms with Crippen molar-refractivity contribution >= 4 is 11.4 Å². The molecule has 0 heterocycles. The van der Waals surface area contributed by atoms with E-state index in [2.05, 4.69) is 30.9 Å². The molecular formula is C14H25N3O. The SMILES string of the molecule is COc1ccc(N(C)CCCCN(C)C)cc1N. The topological polar surface area (TPSA) is 41.7 Å². The van der Waals surface area contributed by atoms with Crippen LogP contribution in [-0.2, 0) is 0 Å². The molecule has 0 bridgehead atoms. The Balaban J connectivity index is 2.46. The van der Waals surface area contributed by atoms with Gasteiger partial charge in [-0.2, -0.15) is 0 Å². The molecule has 0 atom stereocenters. The van der Waals surface area contributed by atoms with Crippen molar-refractivity contribution in [3.63, 3.8) is 0 Å². The van der Waals surface area contributed by atoms with E-state index in [4.69, 9.17) is 10.5 Å². The molecule has 0 aliphatic rings. The van der Waals surface area contributed by atoms with E-state index in [1.807, 2.05) is 18.2 Å². The number of anilines is 2. The van der Waals surface area contributed by atoms with E-state index >= 15 is 0 Å². The van der Waals surface area contributed by atoms with Gasteiger partial charge in [0.1, 0.15) is 5.75 Å². The van der Waals surface area contributed by atoms with E-state index in [0.717, 1.165) is 24.5 Å². The van der Waals surface area contributed by atoms with Gasteiger partial charge < -0.3 is 20.3 Å². The lowest BCUT2D eigenvalue weighted by Gasteiger charge is -2.20. The predicted molar refractivity (Wildman–Crippen MR) is 78.5 cm³/mol. The summed E-state index contributed by atoms with van der Waals surface area (Å²) in [6.45, 7) is 2.18. The zero-order chi connectivity index (χ0) is 13.5. The second kappa shape index (κ2) is 7.11. The van der Waals surface area contributed by atoms with Crippen LogP contribution < -0.4 is 15.4 Å². The molecule has 0 unspecified atom stereocenters. The maximum atomic E-state index is 5.91. The number of nitrogens with two attached hydrogens (primary N) is 1. The molecule has 1 aromatic carbocycles. The van der Waals surface area contributed by atoms with Crippen molar-refractivity contribution in [3.05, 3.63) is 18.2 Å². The van der Waals surface area contributed by atoms with Gasteiger partial charge in [0.15, 0.2) is 0 Å². The highest BCUT2D eigenvalue weighted by Crippen LogP contribution is 2.26. The fourth-order valence-electron chi connectivity index (χ4n) is 1.87. The smallest absolute Gasteiger partial charge is 0.141 e. The van der Waals surface area contributed by atoms with Crippen molar-refractivity contribution < 1.29 is 4.74 Å². The molecule has 0 aromatic heterocycles. The lowest BCUT2D eigenvalue weighted by Crippen LogP contribution is -2.20. The van der Waals surface area contributed by atoms with Gasteiger partial charge in [0, 0.05) is 19.3 Å². The Hall–Kier alpha value is -1.42. The minimum absolute atomic E-state index is 0.690. The molecule has 18 heavy (non-hydrogen) atoms. The van der Waals surface area contributed by atoms with Crippen LogP contribution in [0.1, 0.15) is 12.8 Å². The molecule has 0 amide bonds. The van der Waals surface area contributed by atoms with Crippen molar-refractivity contribution in [2.75, 3.05) is 52.0 Å². The van der Waals surface area contributed by atoms with Crippen LogP contribution in [0, 0.1) is 0 Å². The first kappa shape index (κ1) is 14.6. The maximum Gasteiger partial charge on any atom is 0.141 e. The van der Waals surface area contributed by atoms with Crippen molar-refractivity contribution in [1.82, 2.24) is 4.90 Å². The van der Waals surface area contributed by atoms with E-state index in [9.17, 15) is 0 Å². The summed E-state index contributed by atoms with van der Waals surface area (Å²) in [5.74, 6) is 0.736. The Labute approximate surface area is 110 Å². The molecule has 4 heteroatoms. The predicted octanol–water partition coefficient (Wildman–Crippen LogP) is 2.06. The van der Waals surface area contributed by atoms with E-state index in [1.54, 1.807) is 7.11 Å². The van der Waals surface area contributed by atoms with Gasteiger partial charge in [-0.05, 0) is 51.7 Å². The maximum absolute atomic E-state index is 5.91. The quantitative estimate of drug-likeness (QED) is 0.595. The van der Waals surface area contributed by atoms with Crippen molar-refractivity contribution in [2.45, 2.75) is 12.8 Å². The fourth-order valence-corrected chi connectivity index (χ4v) is 1.87. The van der Waals surface area contributed by atoms with Crippen LogP contribution in [0.15, 0.2) is 18.2 Å². The molecule has 0 saturated heterocycles. The second-order valence-corrected chi connectivity index (χ2v) is 4.86. The second-order valence-electron chi connectivity index (χ2n) is 4.86. The third-order valence-corrected chi connectivity index (χ3v) is 3.00. The highest BCUT2D eigenvalue weighted by molar-refractivity contribution is 5.63. The van der Waals surface area contributed by atoms with Crippen molar-refractivity contribution in [3.8, 4) is 5.75 Å². The van der Waals surface area contributed by atoms with E-state index in [-0.39, 0.29) is 0 Å². The molecule has 2 N–H and O–H groups in total. The monoisotopic (exact) mass is 251 g/mol.